The summed E-state index contributed by atoms with van der Waals surface area (Å²) in [5.41, 5.74) is 0.958. The average Bonchev–Trinajstić information content (AvgIpc) is 3.08. The molecule has 0 radical (unpaired) electrons. The minimum absolute atomic E-state index is 0.0868. The van der Waals surface area contributed by atoms with E-state index in [9.17, 15) is 14.7 Å². The maximum Gasteiger partial charge on any atom is 0.326 e. The molecule has 2 saturated heterocycles. The van der Waals surface area contributed by atoms with E-state index in [1.54, 1.807) is 16.2 Å². The maximum absolute atomic E-state index is 12.5. The van der Waals surface area contributed by atoms with Gasteiger partial charge in [-0.25, -0.2) is 4.79 Å². The molecular formula is C16H22N2O4S. The second-order valence-corrected chi connectivity index (χ2v) is 6.86. The molecule has 0 bridgehead atoms. The van der Waals surface area contributed by atoms with Crippen LogP contribution in [0.1, 0.15) is 18.4 Å². The van der Waals surface area contributed by atoms with E-state index in [-0.39, 0.29) is 18.4 Å². The van der Waals surface area contributed by atoms with Crippen molar-refractivity contribution in [3.63, 3.8) is 0 Å². The van der Waals surface area contributed by atoms with E-state index in [0.717, 1.165) is 25.1 Å². The second-order valence-electron chi connectivity index (χ2n) is 6.08. The Morgan fingerprint density at radius 1 is 1.30 bits per heavy atom. The molecule has 7 heteroatoms. The molecule has 0 saturated carbocycles. The fourth-order valence-corrected chi connectivity index (χ4v) is 4.09. The third kappa shape index (κ3) is 3.91. The van der Waals surface area contributed by atoms with Crippen LogP contribution in [0.25, 0.3) is 0 Å². The predicted octanol–water partition coefficient (Wildman–Crippen LogP) is 1.07. The topological polar surface area (TPSA) is 70.1 Å². The first-order chi connectivity index (χ1) is 11.1. The zero-order valence-electron chi connectivity index (χ0n) is 13.0. The third-order valence-corrected chi connectivity index (χ3v) is 5.41. The zero-order chi connectivity index (χ0) is 16.2. The first kappa shape index (κ1) is 16.4. The van der Waals surface area contributed by atoms with E-state index in [4.69, 9.17) is 4.74 Å². The van der Waals surface area contributed by atoms with Gasteiger partial charge in [-0.2, -0.15) is 11.3 Å². The Bertz CT molecular complexity index is 542. The van der Waals surface area contributed by atoms with Crippen LogP contribution in [0.2, 0.25) is 0 Å². The molecule has 0 unspecified atom stereocenters. The van der Waals surface area contributed by atoms with Crippen LogP contribution in [0.4, 0.5) is 0 Å². The molecule has 2 fully saturated rings. The fourth-order valence-electron chi connectivity index (χ4n) is 3.42. The van der Waals surface area contributed by atoms with Crippen LogP contribution >= 0.6 is 11.3 Å². The van der Waals surface area contributed by atoms with Crippen LogP contribution in [-0.2, 0) is 20.7 Å². The number of carboxylic acid groups (broad SMARTS) is 1. The molecule has 1 amide bonds. The van der Waals surface area contributed by atoms with Gasteiger partial charge in [0, 0.05) is 25.7 Å². The van der Waals surface area contributed by atoms with Crippen molar-refractivity contribution in [3.05, 3.63) is 22.4 Å². The van der Waals surface area contributed by atoms with Crippen LogP contribution in [0.5, 0.6) is 0 Å². The Labute approximate surface area is 139 Å². The molecule has 2 aliphatic heterocycles. The van der Waals surface area contributed by atoms with Crippen molar-refractivity contribution >= 4 is 23.2 Å². The largest absolute Gasteiger partial charge is 0.480 e. The molecule has 0 aromatic carbocycles. The maximum atomic E-state index is 12.5. The first-order valence-corrected chi connectivity index (χ1v) is 8.94. The normalized spacial score (nSPS) is 26.2. The quantitative estimate of drug-likeness (QED) is 0.889. The second kappa shape index (κ2) is 7.42. The Morgan fingerprint density at radius 2 is 2.09 bits per heavy atom. The van der Waals surface area contributed by atoms with Crippen LogP contribution in [0, 0.1) is 0 Å². The Morgan fingerprint density at radius 3 is 2.74 bits per heavy atom. The molecule has 3 rings (SSSR count). The molecule has 23 heavy (non-hydrogen) atoms. The third-order valence-electron chi connectivity index (χ3n) is 4.68. The van der Waals surface area contributed by atoms with E-state index in [1.807, 2.05) is 16.8 Å². The number of amides is 1. The highest BCUT2D eigenvalue weighted by Crippen LogP contribution is 2.24. The summed E-state index contributed by atoms with van der Waals surface area (Å²) >= 11 is 1.55. The van der Waals surface area contributed by atoms with Crippen LogP contribution in [0.15, 0.2) is 16.8 Å². The number of morpholine rings is 1. The minimum Gasteiger partial charge on any atom is -0.480 e. The van der Waals surface area contributed by atoms with Gasteiger partial charge in [0.25, 0.3) is 0 Å². The van der Waals surface area contributed by atoms with Gasteiger partial charge in [-0.05, 0) is 35.2 Å². The standard InChI is InChI=1S/C16H22N2O4S/c19-15(9-12-2-8-23-11-12)18-3-1-13(10-14(18)16(20)21)17-4-6-22-7-5-17/h2,8,11,13-14H,1,3-7,9-10H2,(H,20,21)/t13-,14-/m1/s1. The number of piperidine rings is 1. The van der Waals surface area contributed by atoms with Crippen LogP contribution in [-0.4, -0.2) is 71.7 Å². The van der Waals surface area contributed by atoms with Gasteiger partial charge in [-0.3, -0.25) is 9.69 Å². The number of hydrogen-bond donors (Lipinski definition) is 1. The first-order valence-electron chi connectivity index (χ1n) is 8.00. The molecule has 3 heterocycles. The van der Waals surface area contributed by atoms with Crippen molar-refractivity contribution in [2.24, 2.45) is 0 Å². The summed E-state index contributed by atoms with van der Waals surface area (Å²) in [7, 11) is 0. The average molecular weight is 338 g/mol. The SMILES string of the molecule is O=C(O)[C@H]1C[C@H](N2CCOCC2)CCN1C(=O)Cc1ccsc1. The number of nitrogens with zero attached hydrogens (tertiary/aromatic N) is 2. The molecule has 126 valence electrons. The van der Waals surface area contributed by atoms with Gasteiger partial charge in [0.05, 0.1) is 19.6 Å². The van der Waals surface area contributed by atoms with E-state index in [1.165, 1.54) is 0 Å². The van der Waals surface area contributed by atoms with E-state index >= 15 is 0 Å². The molecule has 0 spiro atoms. The van der Waals surface area contributed by atoms with E-state index < -0.39 is 12.0 Å². The lowest BCUT2D eigenvalue weighted by Crippen LogP contribution is -2.56. The van der Waals surface area contributed by atoms with Gasteiger partial charge in [-0.15, -0.1) is 0 Å². The Hall–Kier alpha value is -1.44. The fraction of sp³-hybridized carbons (Fsp3) is 0.625. The monoisotopic (exact) mass is 338 g/mol. The molecule has 1 N–H and O–H groups in total. The highest BCUT2D eigenvalue weighted by molar-refractivity contribution is 7.08. The molecular weight excluding hydrogens is 316 g/mol. The van der Waals surface area contributed by atoms with Crippen molar-refractivity contribution < 1.29 is 19.4 Å². The van der Waals surface area contributed by atoms with Crippen molar-refractivity contribution in [2.45, 2.75) is 31.3 Å². The zero-order valence-corrected chi connectivity index (χ0v) is 13.8. The summed E-state index contributed by atoms with van der Waals surface area (Å²) in [6.07, 6.45) is 1.62. The molecule has 6 nitrogen and oxygen atoms in total. The lowest BCUT2D eigenvalue weighted by Gasteiger charge is -2.43. The lowest BCUT2D eigenvalue weighted by molar-refractivity contribution is -0.153. The predicted molar refractivity (Wildman–Crippen MR) is 86.6 cm³/mol. The van der Waals surface area contributed by atoms with Crippen LogP contribution < -0.4 is 0 Å². The van der Waals surface area contributed by atoms with Gasteiger partial charge in [-0.1, -0.05) is 0 Å². The number of thiophene rings is 1. The van der Waals surface area contributed by atoms with Crippen molar-refractivity contribution in [3.8, 4) is 0 Å². The summed E-state index contributed by atoms with van der Waals surface area (Å²) in [6, 6.07) is 1.42. The molecule has 2 aliphatic rings. The van der Waals surface area contributed by atoms with Crippen molar-refractivity contribution in [2.75, 3.05) is 32.8 Å². The van der Waals surface area contributed by atoms with Gasteiger partial charge < -0.3 is 14.7 Å². The number of likely N-dealkylation sites (tertiary alicyclic amines) is 1. The van der Waals surface area contributed by atoms with E-state index in [0.29, 0.717) is 26.2 Å². The van der Waals surface area contributed by atoms with Crippen LogP contribution in [0.3, 0.4) is 0 Å². The number of ether oxygens (including phenoxy) is 1. The van der Waals surface area contributed by atoms with Gasteiger partial charge in [0.1, 0.15) is 6.04 Å². The Balaban J connectivity index is 1.64. The number of rotatable bonds is 4. The smallest absolute Gasteiger partial charge is 0.326 e. The summed E-state index contributed by atoms with van der Waals surface area (Å²) in [4.78, 5) is 28.0. The van der Waals surface area contributed by atoms with Gasteiger partial charge in [0.2, 0.25) is 5.91 Å². The Kier molecular flexibility index (Phi) is 5.30. The number of carboxylic acids is 1. The highest BCUT2D eigenvalue weighted by Gasteiger charge is 2.38. The number of carbonyl (C=O) groups is 2. The summed E-state index contributed by atoms with van der Waals surface area (Å²) in [5, 5.41) is 13.4. The van der Waals surface area contributed by atoms with Gasteiger partial charge in [0.15, 0.2) is 0 Å². The summed E-state index contributed by atoms with van der Waals surface area (Å²) < 4.78 is 5.36. The molecule has 2 atom stereocenters. The van der Waals surface area contributed by atoms with Crippen molar-refractivity contribution in [1.29, 1.82) is 0 Å². The number of carbonyl (C=O) groups excluding carboxylic acids is 1. The summed E-state index contributed by atoms with van der Waals surface area (Å²) in [6.45, 7) is 3.62. The summed E-state index contributed by atoms with van der Waals surface area (Å²) in [5.74, 6) is -0.988. The molecule has 0 aliphatic carbocycles. The number of hydrogen-bond acceptors (Lipinski definition) is 5. The van der Waals surface area contributed by atoms with Gasteiger partial charge >= 0.3 is 5.97 Å². The number of aliphatic carboxylic acids is 1. The minimum atomic E-state index is -0.901. The molecule has 1 aromatic rings. The lowest BCUT2D eigenvalue weighted by atomic mass is 9.94. The van der Waals surface area contributed by atoms with E-state index in [2.05, 4.69) is 4.90 Å². The highest BCUT2D eigenvalue weighted by atomic mass is 32.1. The van der Waals surface area contributed by atoms with Crippen molar-refractivity contribution in [1.82, 2.24) is 9.80 Å². The molecule has 1 aromatic heterocycles.